The van der Waals surface area contributed by atoms with Crippen molar-refractivity contribution in [1.82, 2.24) is 9.55 Å². The smallest absolute Gasteiger partial charge is 0.293 e. The summed E-state index contributed by atoms with van der Waals surface area (Å²) in [6, 6.07) is 0. The molecular weight excluding hydrogens is 178 g/mol. The molecule has 1 aromatic heterocycles. The highest BCUT2D eigenvalue weighted by Gasteiger charge is 2.21. The zero-order chi connectivity index (χ0) is 9.97. The van der Waals surface area contributed by atoms with Crippen molar-refractivity contribution in [3.8, 4) is 0 Å². The van der Waals surface area contributed by atoms with E-state index in [1.54, 1.807) is 17.0 Å². The quantitative estimate of drug-likeness (QED) is 0.778. The largest absolute Gasteiger partial charge is 0.365 e. The molecule has 0 unspecified atom stereocenters. The predicted molar refractivity (Wildman–Crippen MR) is 55.4 cm³/mol. The second kappa shape index (κ2) is 3.82. The maximum atomic E-state index is 11.7. The second-order valence-corrected chi connectivity index (χ2v) is 3.69. The first-order valence-electron chi connectivity index (χ1n) is 5.10. The lowest BCUT2D eigenvalue weighted by atomic mass is 10.4. The van der Waals surface area contributed by atoms with E-state index in [2.05, 4.69) is 10.3 Å². The maximum absolute atomic E-state index is 11.7. The monoisotopic (exact) mass is 193 g/mol. The lowest BCUT2D eigenvalue weighted by Crippen LogP contribution is -2.24. The zero-order valence-electron chi connectivity index (χ0n) is 8.36. The molecular formula is C10H15N3O. The lowest BCUT2D eigenvalue weighted by Gasteiger charge is -2.06. The van der Waals surface area contributed by atoms with Crippen LogP contribution in [0.3, 0.4) is 0 Å². The summed E-state index contributed by atoms with van der Waals surface area (Å²) in [6.07, 6.45) is 5.94. The van der Waals surface area contributed by atoms with Gasteiger partial charge in [-0.05, 0) is 25.7 Å². The molecule has 1 N–H and O–H groups in total. The molecule has 0 radical (unpaired) electrons. The Kier molecular flexibility index (Phi) is 2.52. The van der Waals surface area contributed by atoms with E-state index in [0.29, 0.717) is 12.4 Å². The van der Waals surface area contributed by atoms with Crippen LogP contribution in [-0.2, 0) is 6.54 Å². The van der Waals surface area contributed by atoms with Gasteiger partial charge in [0.25, 0.3) is 5.56 Å². The molecule has 1 aliphatic rings. The van der Waals surface area contributed by atoms with Crippen LogP contribution in [0.5, 0.6) is 0 Å². The highest BCUT2D eigenvalue weighted by molar-refractivity contribution is 5.30. The first-order chi connectivity index (χ1) is 6.81. The van der Waals surface area contributed by atoms with E-state index < -0.39 is 0 Å². The summed E-state index contributed by atoms with van der Waals surface area (Å²) in [5, 5.41) is 3.11. The molecule has 14 heavy (non-hydrogen) atoms. The highest BCUT2D eigenvalue weighted by atomic mass is 16.1. The van der Waals surface area contributed by atoms with Crippen molar-refractivity contribution >= 4 is 5.82 Å². The SMILES string of the molecule is CCn1ccnc(NCC2CC2)c1=O. The summed E-state index contributed by atoms with van der Waals surface area (Å²) >= 11 is 0. The van der Waals surface area contributed by atoms with E-state index >= 15 is 0 Å². The van der Waals surface area contributed by atoms with Crippen LogP contribution in [0, 0.1) is 5.92 Å². The molecule has 0 aromatic carbocycles. The van der Waals surface area contributed by atoms with Crippen LogP contribution in [0.1, 0.15) is 19.8 Å². The molecule has 1 saturated carbocycles. The van der Waals surface area contributed by atoms with Crippen molar-refractivity contribution in [1.29, 1.82) is 0 Å². The van der Waals surface area contributed by atoms with Gasteiger partial charge in [-0.15, -0.1) is 0 Å². The van der Waals surface area contributed by atoms with E-state index in [-0.39, 0.29) is 5.56 Å². The average molecular weight is 193 g/mol. The number of hydrogen-bond donors (Lipinski definition) is 1. The van der Waals surface area contributed by atoms with Gasteiger partial charge in [0.2, 0.25) is 0 Å². The molecule has 4 heteroatoms. The average Bonchev–Trinajstić information content (AvgIpc) is 3.00. The van der Waals surface area contributed by atoms with Crippen LogP contribution in [-0.4, -0.2) is 16.1 Å². The number of anilines is 1. The topological polar surface area (TPSA) is 46.9 Å². The molecule has 0 spiro atoms. The Hall–Kier alpha value is -1.32. The molecule has 1 fully saturated rings. The summed E-state index contributed by atoms with van der Waals surface area (Å²) in [5.41, 5.74) is -0.0179. The Morgan fingerprint density at radius 2 is 2.43 bits per heavy atom. The summed E-state index contributed by atoms with van der Waals surface area (Å²) < 4.78 is 1.65. The molecule has 1 aromatic rings. The minimum Gasteiger partial charge on any atom is -0.365 e. The second-order valence-electron chi connectivity index (χ2n) is 3.69. The van der Waals surface area contributed by atoms with Crippen LogP contribution in [0.2, 0.25) is 0 Å². The van der Waals surface area contributed by atoms with Gasteiger partial charge in [-0.2, -0.15) is 0 Å². The van der Waals surface area contributed by atoms with Crippen LogP contribution < -0.4 is 10.9 Å². The Morgan fingerprint density at radius 3 is 3.07 bits per heavy atom. The van der Waals surface area contributed by atoms with Crippen LogP contribution >= 0.6 is 0 Å². The van der Waals surface area contributed by atoms with Gasteiger partial charge < -0.3 is 9.88 Å². The Labute approximate surface area is 83.0 Å². The van der Waals surface area contributed by atoms with E-state index in [0.717, 1.165) is 12.5 Å². The minimum atomic E-state index is -0.0179. The third-order valence-electron chi connectivity index (χ3n) is 2.51. The Bertz CT molecular complexity index is 368. The molecule has 1 heterocycles. The number of nitrogens with one attached hydrogen (secondary N) is 1. The van der Waals surface area contributed by atoms with Gasteiger partial charge in [0.15, 0.2) is 5.82 Å². The maximum Gasteiger partial charge on any atom is 0.293 e. The van der Waals surface area contributed by atoms with Crippen LogP contribution in [0.15, 0.2) is 17.2 Å². The molecule has 1 aliphatic carbocycles. The van der Waals surface area contributed by atoms with Gasteiger partial charge >= 0.3 is 0 Å². The van der Waals surface area contributed by atoms with Crippen molar-refractivity contribution in [2.75, 3.05) is 11.9 Å². The molecule has 4 nitrogen and oxygen atoms in total. The van der Waals surface area contributed by atoms with Crippen molar-refractivity contribution in [2.24, 2.45) is 5.92 Å². The summed E-state index contributed by atoms with van der Waals surface area (Å²) in [7, 11) is 0. The first-order valence-corrected chi connectivity index (χ1v) is 5.10. The van der Waals surface area contributed by atoms with Gasteiger partial charge in [-0.25, -0.2) is 4.98 Å². The number of aryl methyl sites for hydroxylation is 1. The van der Waals surface area contributed by atoms with Gasteiger partial charge in [-0.3, -0.25) is 4.79 Å². The van der Waals surface area contributed by atoms with Gasteiger partial charge in [-0.1, -0.05) is 0 Å². The van der Waals surface area contributed by atoms with Gasteiger partial charge in [0.1, 0.15) is 0 Å². The molecule has 0 aliphatic heterocycles. The van der Waals surface area contributed by atoms with Gasteiger partial charge in [0, 0.05) is 25.5 Å². The predicted octanol–water partition coefficient (Wildman–Crippen LogP) is 1.09. The van der Waals surface area contributed by atoms with Crippen molar-refractivity contribution < 1.29 is 0 Å². The standard InChI is InChI=1S/C10H15N3O/c1-2-13-6-5-11-9(10(13)14)12-7-8-3-4-8/h5-6,8H,2-4,7H2,1H3,(H,11,12). The third-order valence-corrected chi connectivity index (χ3v) is 2.51. The Morgan fingerprint density at radius 1 is 1.64 bits per heavy atom. The van der Waals surface area contributed by atoms with E-state index in [9.17, 15) is 4.79 Å². The fourth-order valence-corrected chi connectivity index (χ4v) is 1.38. The molecule has 0 atom stereocenters. The van der Waals surface area contributed by atoms with E-state index in [4.69, 9.17) is 0 Å². The van der Waals surface area contributed by atoms with Crippen molar-refractivity contribution in [3.05, 3.63) is 22.7 Å². The van der Waals surface area contributed by atoms with Crippen molar-refractivity contribution in [2.45, 2.75) is 26.3 Å². The number of rotatable bonds is 4. The van der Waals surface area contributed by atoms with Crippen LogP contribution in [0.4, 0.5) is 5.82 Å². The molecule has 76 valence electrons. The Balaban J connectivity index is 2.11. The van der Waals surface area contributed by atoms with E-state index in [1.807, 2.05) is 6.92 Å². The third kappa shape index (κ3) is 1.95. The summed E-state index contributed by atoms with van der Waals surface area (Å²) in [6.45, 7) is 3.53. The fraction of sp³-hybridized carbons (Fsp3) is 0.600. The summed E-state index contributed by atoms with van der Waals surface area (Å²) in [4.78, 5) is 15.7. The first kappa shape index (κ1) is 9.24. The number of nitrogens with zero attached hydrogens (tertiary/aromatic N) is 2. The number of aromatic nitrogens is 2. The van der Waals surface area contributed by atoms with Crippen molar-refractivity contribution in [3.63, 3.8) is 0 Å². The molecule has 0 amide bonds. The number of hydrogen-bond acceptors (Lipinski definition) is 3. The highest BCUT2D eigenvalue weighted by Crippen LogP contribution is 2.28. The minimum absolute atomic E-state index is 0.0179. The van der Waals surface area contributed by atoms with E-state index in [1.165, 1.54) is 12.8 Å². The lowest BCUT2D eigenvalue weighted by molar-refractivity contribution is 0.717. The van der Waals surface area contributed by atoms with Gasteiger partial charge in [0.05, 0.1) is 0 Å². The fourth-order valence-electron chi connectivity index (χ4n) is 1.38. The normalized spacial score (nSPS) is 15.5. The molecule has 0 bridgehead atoms. The molecule has 0 saturated heterocycles. The van der Waals surface area contributed by atoms with Crippen LogP contribution in [0.25, 0.3) is 0 Å². The summed E-state index contributed by atoms with van der Waals surface area (Å²) in [5.74, 6) is 1.24. The zero-order valence-corrected chi connectivity index (χ0v) is 8.36. The molecule has 2 rings (SSSR count).